The van der Waals surface area contributed by atoms with Crippen molar-refractivity contribution in [2.24, 2.45) is 0 Å². The Morgan fingerprint density at radius 3 is 1.77 bits per heavy atom. The lowest BCUT2D eigenvalue weighted by molar-refractivity contribution is -0.137. The van der Waals surface area contributed by atoms with E-state index in [1.807, 2.05) is 6.92 Å². The van der Waals surface area contributed by atoms with Crippen LogP contribution >= 0.6 is 0 Å². The van der Waals surface area contributed by atoms with E-state index < -0.39 is 12.3 Å². The topological polar surface area (TPSA) is 77.8 Å². The minimum Gasteiger partial charge on any atom is -0.481 e. The van der Waals surface area contributed by atoms with E-state index >= 15 is 0 Å². The van der Waals surface area contributed by atoms with Gasteiger partial charge in [-0.15, -0.1) is 0 Å². The van der Waals surface area contributed by atoms with Gasteiger partial charge in [0.15, 0.2) is 6.29 Å². The monoisotopic (exact) mass is 370 g/mol. The Balaban J connectivity index is 0. The Bertz CT molecular complexity index is 335. The molecule has 0 aliphatic carbocycles. The normalized spacial score (nSPS) is 11.3. The SMILES string of the molecule is CCCC(O)O.CCCCC/C=C\C/C=C\CCCCCCCC(=O)O. The fraction of sp³-hybridized carbons (Fsp3) is 0.773. The average Bonchev–Trinajstić information content (AvgIpc) is 2.58. The number of unbranched alkanes of at least 4 members (excludes halogenated alkanes) is 8. The van der Waals surface area contributed by atoms with Crippen molar-refractivity contribution in [1.82, 2.24) is 0 Å². The van der Waals surface area contributed by atoms with Crippen molar-refractivity contribution in [2.75, 3.05) is 0 Å². The molecule has 0 heterocycles. The first kappa shape index (κ1) is 27.1. The molecule has 26 heavy (non-hydrogen) atoms. The Morgan fingerprint density at radius 1 is 0.769 bits per heavy atom. The maximum Gasteiger partial charge on any atom is 0.303 e. The molecule has 154 valence electrons. The molecule has 0 aliphatic heterocycles. The van der Waals surface area contributed by atoms with E-state index in [0.29, 0.717) is 12.8 Å². The van der Waals surface area contributed by atoms with E-state index in [0.717, 1.165) is 32.1 Å². The molecule has 0 fully saturated rings. The van der Waals surface area contributed by atoms with Gasteiger partial charge in [0, 0.05) is 6.42 Å². The number of aliphatic hydroxyl groups is 2. The first-order chi connectivity index (χ1) is 12.5. The number of hydrogen-bond acceptors (Lipinski definition) is 3. The Kier molecular flexibility index (Phi) is 24.9. The van der Waals surface area contributed by atoms with Crippen molar-refractivity contribution in [3.05, 3.63) is 24.3 Å². The molecule has 0 radical (unpaired) electrons. The molecular formula is C22H42O4. The number of carbonyl (C=O) groups is 1. The van der Waals surface area contributed by atoms with Gasteiger partial charge in [-0.2, -0.15) is 0 Å². The van der Waals surface area contributed by atoms with Gasteiger partial charge in [-0.3, -0.25) is 4.79 Å². The van der Waals surface area contributed by atoms with Crippen LogP contribution in [-0.2, 0) is 4.79 Å². The van der Waals surface area contributed by atoms with Crippen LogP contribution in [0.2, 0.25) is 0 Å². The molecule has 0 atom stereocenters. The third kappa shape index (κ3) is 30.7. The largest absolute Gasteiger partial charge is 0.481 e. The van der Waals surface area contributed by atoms with E-state index in [9.17, 15) is 4.79 Å². The lowest BCUT2D eigenvalue weighted by Gasteiger charge is -1.98. The molecule has 0 aromatic rings. The lowest BCUT2D eigenvalue weighted by Crippen LogP contribution is -2.01. The van der Waals surface area contributed by atoms with Gasteiger partial charge in [-0.05, 0) is 44.9 Å². The Hall–Kier alpha value is -1.13. The van der Waals surface area contributed by atoms with Crippen molar-refractivity contribution >= 4 is 5.97 Å². The second-order valence-electron chi connectivity index (χ2n) is 6.64. The zero-order chi connectivity index (χ0) is 19.9. The van der Waals surface area contributed by atoms with Gasteiger partial charge in [0.25, 0.3) is 0 Å². The highest BCUT2D eigenvalue weighted by Gasteiger charge is 1.95. The van der Waals surface area contributed by atoms with Crippen molar-refractivity contribution in [2.45, 2.75) is 110 Å². The van der Waals surface area contributed by atoms with Crippen molar-refractivity contribution in [3.8, 4) is 0 Å². The molecule has 0 saturated carbocycles. The van der Waals surface area contributed by atoms with Gasteiger partial charge in [-0.1, -0.05) is 76.7 Å². The summed E-state index contributed by atoms with van der Waals surface area (Å²) in [5.74, 6) is -0.671. The summed E-state index contributed by atoms with van der Waals surface area (Å²) in [6.45, 7) is 4.14. The summed E-state index contributed by atoms with van der Waals surface area (Å²) in [6, 6.07) is 0. The number of aliphatic carboxylic acids is 1. The highest BCUT2D eigenvalue weighted by molar-refractivity contribution is 5.66. The Labute approximate surface area is 161 Å². The van der Waals surface area contributed by atoms with Crippen LogP contribution < -0.4 is 0 Å². The Morgan fingerprint density at radius 2 is 1.31 bits per heavy atom. The van der Waals surface area contributed by atoms with Crippen molar-refractivity contribution in [1.29, 1.82) is 0 Å². The summed E-state index contributed by atoms with van der Waals surface area (Å²) in [6.07, 6.45) is 22.5. The van der Waals surface area contributed by atoms with Crippen LogP contribution in [0.15, 0.2) is 24.3 Å². The molecule has 0 unspecified atom stereocenters. The van der Waals surface area contributed by atoms with Gasteiger partial charge in [0.1, 0.15) is 0 Å². The maximum absolute atomic E-state index is 10.3. The predicted octanol–water partition coefficient (Wildman–Crippen LogP) is 5.98. The average molecular weight is 371 g/mol. The number of allylic oxidation sites excluding steroid dienone is 4. The molecule has 0 bridgehead atoms. The third-order valence-electron chi connectivity index (χ3n) is 3.89. The van der Waals surface area contributed by atoms with Crippen LogP contribution in [0.4, 0.5) is 0 Å². The van der Waals surface area contributed by atoms with E-state index in [1.165, 1.54) is 44.9 Å². The lowest BCUT2D eigenvalue weighted by atomic mass is 10.1. The highest BCUT2D eigenvalue weighted by atomic mass is 16.5. The first-order valence-corrected chi connectivity index (χ1v) is 10.4. The van der Waals surface area contributed by atoms with E-state index in [1.54, 1.807) is 0 Å². The maximum atomic E-state index is 10.3. The van der Waals surface area contributed by atoms with Crippen LogP contribution in [0.25, 0.3) is 0 Å². The minimum atomic E-state index is -1.10. The molecular weight excluding hydrogens is 328 g/mol. The molecule has 0 rings (SSSR count). The molecule has 3 N–H and O–H groups in total. The molecule has 4 heteroatoms. The van der Waals surface area contributed by atoms with E-state index in [4.69, 9.17) is 15.3 Å². The number of rotatable bonds is 16. The summed E-state index contributed by atoms with van der Waals surface area (Å²) in [5.41, 5.74) is 0. The van der Waals surface area contributed by atoms with Crippen molar-refractivity contribution in [3.63, 3.8) is 0 Å². The summed E-state index contributed by atoms with van der Waals surface area (Å²) in [4.78, 5) is 10.3. The number of aliphatic hydroxyl groups excluding tert-OH is 1. The first-order valence-electron chi connectivity index (χ1n) is 10.4. The third-order valence-corrected chi connectivity index (χ3v) is 3.89. The van der Waals surface area contributed by atoms with E-state index in [2.05, 4.69) is 31.2 Å². The van der Waals surface area contributed by atoms with Crippen LogP contribution in [0.1, 0.15) is 104 Å². The zero-order valence-electron chi connectivity index (χ0n) is 17.0. The highest BCUT2D eigenvalue weighted by Crippen LogP contribution is 2.08. The van der Waals surface area contributed by atoms with Crippen LogP contribution in [0, 0.1) is 0 Å². The minimum absolute atomic E-state index is 0.324. The van der Waals surface area contributed by atoms with Crippen LogP contribution in [-0.4, -0.2) is 27.6 Å². The number of hydrogen-bond donors (Lipinski definition) is 3. The second kappa shape index (κ2) is 23.9. The number of carboxylic acids is 1. The summed E-state index contributed by atoms with van der Waals surface area (Å²) >= 11 is 0. The summed E-state index contributed by atoms with van der Waals surface area (Å²) in [5, 5.41) is 24.7. The van der Waals surface area contributed by atoms with E-state index in [-0.39, 0.29) is 0 Å². The quantitative estimate of drug-likeness (QED) is 0.177. The summed E-state index contributed by atoms with van der Waals surface area (Å²) < 4.78 is 0. The fourth-order valence-corrected chi connectivity index (χ4v) is 2.35. The van der Waals surface area contributed by atoms with Gasteiger partial charge in [0.05, 0.1) is 0 Å². The number of carboxylic acid groups (broad SMARTS) is 1. The molecule has 0 aromatic carbocycles. The fourth-order valence-electron chi connectivity index (χ4n) is 2.35. The predicted molar refractivity (Wildman–Crippen MR) is 110 cm³/mol. The van der Waals surface area contributed by atoms with Gasteiger partial charge in [0.2, 0.25) is 0 Å². The molecule has 4 nitrogen and oxygen atoms in total. The van der Waals surface area contributed by atoms with Crippen LogP contribution in [0.3, 0.4) is 0 Å². The van der Waals surface area contributed by atoms with Gasteiger partial charge < -0.3 is 15.3 Å². The van der Waals surface area contributed by atoms with Crippen LogP contribution in [0.5, 0.6) is 0 Å². The zero-order valence-corrected chi connectivity index (χ0v) is 17.0. The molecule has 0 aromatic heterocycles. The molecule has 0 aliphatic rings. The summed E-state index contributed by atoms with van der Waals surface area (Å²) in [7, 11) is 0. The molecule has 0 amide bonds. The molecule has 0 saturated heterocycles. The smallest absolute Gasteiger partial charge is 0.303 e. The standard InChI is InChI=1S/C18H32O2.C4H10O2/c1-2-3-4-5-6-7-8-9-10-11-12-13-14-15-16-17-18(19)20;1-2-3-4(5)6/h6-7,9-10H,2-5,8,11-17H2,1H3,(H,19,20);4-6H,2-3H2,1H3/b7-6-,10-9-;. The van der Waals surface area contributed by atoms with Gasteiger partial charge in [-0.25, -0.2) is 0 Å². The van der Waals surface area contributed by atoms with Crippen molar-refractivity contribution < 1.29 is 20.1 Å². The van der Waals surface area contributed by atoms with Gasteiger partial charge >= 0.3 is 5.97 Å². The second-order valence-corrected chi connectivity index (χ2v) is 6.64. The molecule has 0 spiro atoms.